The van der Waals surface area contributed by atoms with E-state index in [1.54, 1.807) is 54.6 Å². The van der Waals surface area contributed by atoms with Gasteiger partial charge in [0.2, 0.25) is 11.8 Å². The highest BCUT2D eigenvalue weighted by atomic mass is 35.5. The number of aryl methyl sites for hydroxylation is 1. The van der Waals surface area contributed by atoms with Gasteiger partial charge >= 0.3 is 0 Å². The van der Waals surface area contributed by atoms with Crippen LogP contribution < -0.4 is 14.4 Å². The molecule has 4 aromatic carbocycles. The monoisotopic (exact) mass is 695 g/mol. The molecule has 0 aromatic heterocycles. The summed E-state index contributed by atoms with van der Waals surface area (Å²) in [6, 6.07) is 26.2. The lowest BCUT2D eigenvalue weighted by Gasteiger charge is -2.34. The fourth-order valence-electron chi connectivity index (χ4n) is 4.93. The molecule has 248 valence electrons. The maximum Gasteiger partial charge on any atom is 0.264 e. The molecule has 0 fully saturated rings. The van der Waals surface area contributed by atoms with E-state index in [1.165, 1.54) is 24.1 Å². The molecule has 0 radical (unpaired) electrons. The lowest BCUT2D eigenvalue weighted by Crippen LogP contribution is -2.53. The first-order valence-corrected chi connectivity index (χ1v) is 17.4. The summed E-state index contributed by atoms with van der Waals surface area (Å²) in [5.74, 6) is -0.265. The minimum Gasteiger partial charge on any atom is -0.497 e. The number of rotatable bonds is 14. The van der Waals surface area contributed by atoms with E-state index in [-0.39, 0.29) is 29.7 Å². The van der Waals surface area contributed by atoms with Gasteiger partial charge in [-0.1, -0.05) is 91.1 Å². The van der Waals surface area contributed by atoms with Crippen LogP contribution in [0.4, 0.5) is 5.69 Å². The maximum absolute atomic E-state index is 14.6. The van der Waals surface area contributed by atoms with Gasteiger partial charge in [0.25, 0.3) is 10.0 Å². The predicted molar refractivity (Wildman–Crippen MR) is 187 cm³/mol. The summed E-state index contributed by atoms with van der Waals surface area (Å²) in [6.07, 6.45) is 0.202. The summed E-state index contributed by atoms with van der Waals surface area (Å²) in [6.45, 7) is 5.66. The van der Waals surface area contributed by atoms with Crippen LogP contribution >= 0.6 is 23.2 Å². The second-order valence-electron chi connectivity index (χ2n) is 11.6. The van der Waals surface area contributed by atoms with Crippen molar-refractivity contribution in [2.45, 2.75) is 44.7 Å². The average molecular weight is 697 g/mol. The first-order valence-electron chi connectivity index (χ1n) is 15.2. The molecular formula is C36H39Cl2N3O5S. The molecule has 8 nitrogen and oxygen atoms in total. The van der Waals surface area contributed by atoms with Crippen LogP contribution in [0.1, 0.15) is 30.5 Å². The maximum atomic E-state index is 14.6. The minimum atomic E-state index is -4.24. The summed E-state index contributed by atoms with van der Waals surface area (Å²) in [7, 11) is -2.75. The lowest BCUT2D eigenvalue weighted by atomic mass is 10.0. The molecule has 1 N–H and O–H groups in total. The summed E-state index contributed by atoms with van der Waals surface area (Å²) < 4.78 is 34.7. The summed E-state index contributed by atoms with van der Waals surface area (Å²) in [4.78, 5) is 29.9. The van der Waals surface area contributed by atoms with Gasteiger partial charge in [-0.15, -0.1) is 0 Å². The molecule has 2 amide bonds. The van der Waals surface area contributed by atoms with Gasteiger partial charge in [-0.2, -0.15) is 0 Å². The van der Waals surface area contributed by atoms with Crippen LogP contribution in [-0.4, -0.2) is 51.4 Å². The zero-order valence-electron chi connectivity index (χ0n) is 26.8. The van der Waals surface area contributed by atoms with Crippen molar-refractivity contribution in [3.63, 3.8) is 0 Å². The highest BCUT2D eigenvalue weighted by Gasteiger charge is 2.34. The van der Waals surface area contributed by atoms with Gasteiger partial charge in [0.15, 0.2) is 0 Å². The first kappa shape index (κ1) is 35.8. The van der Waals surface area contributed by atoms with Crippen LogP contribution in [0.15, 0.2) is 102 Å². The Bertz CT molecular complexity index is 1770. The molecule has 0 aliphatic rings. The van der Waals surface area contributed by atoms with Crippen LogP contribution in [0.25, 0.3) is 0 Å². The van der Waals surface area contributed by atoms with E-state index in [1.807, 2.05) is 51.1 Å². The number of methoxy groups -OCH3 is 1. The van der Waals surface area contributed by atoms with Gasteiger partial charge in [0.05, 0.1) is 27.7 Å². The highest BCUT2D eigenvalue weighted by Crippen LogP contribution is 2.28. The molecule has 1 atom stereocenters. The Labute approximate surface area is 287 Å². The van der Waals surface area contributed by atoms with Crippen molar-refractivity contribution >= 4 is 50.7 Å². The zero-order valence-corrected chi connectivity index (χ0v) is 29.1. The third kappa shape index (κ3) is 9.50. The fraction of sp³-hybridized carbons (Fsp3) is 0.278. The summed E-state index contributed by atoms with van der Waals surface area (Å²) in [5.41, 5.74) is 2.69. The van der Waals surface area contributed by atoms with E-state index >= 15 is 0 Å². The van der Waals surface area contributed by atoms with E-state index in [0.717, 1.165) is 15.4 Å². The van der Waals surface area contributed by atoms with Crippen LogP contribution in [-0.2, 0) is 32.6 Å². The zero-order chi connectivity index (χ0) is 34.1. The van der Waals surface area contributed by atoms with Crippen LogP contribution in [0.2, 0.25) is 10.0 Å². The number of halogens is 2. The molecule has 0 aliphatic heterocycles. The van der Waals surface area contributed by atoms with Gasteiger partial charge in [0, 0.05) is 19.5 Å². The van der Waals surface area contributed by atoms with Crippen LogP contribution in [0.5, 0.6) is 5.75 Å². The van der Waals surface area contributed by atoms with Crippen molar-refractivity contribution in [3.8, 4) is 5.75 Å². The number of nitrogens with zero attached hydrogens (tertiary/aromatic N) is 2. The SMILES string of the molecule is COc1ccc(S(=O)(=O)N(CC(=O)N(Cc2ccc(Cl)c(Cl)c2)[C@@H](Cc2ccccc2)C(=O)NCC(C)C)c2ccc(C)cc2)cc1. The van der Waals surface area contributed by atoms with Gasteiger partial charge in [-0.3, -0.25) is 13.9 Å². The number of anilines is 1. The van der Waals surface area contributed by atoms with Gasteiger partial charge in [0.1, 0.15) is 18.3 Å². The normalized spacial score (nSPS) is 12.0. The number of hydrogen-bond acceptors (Lipinski definition) is 5. The molecule has 0 unspecified atom stereocenters. The smallest absolute Gasteiger partial charge is 0.264 e. The first-order chi connectivity index (χ1) is 22.4. The van der Waals surface area contributed by atoms with Gasteiger partial charge < -0.3 is 15.0 Å². The number of sulfonamides is 1. The molecule has 0 heterocycles. The largest absolute Gasteiger partial charge is 0.497 e. The number of carbonyl (C=O) groups is 2. The number of hydrogen-bond donors (Lipinski definition) is 1. The number of carbonyl (C=O) groups excluding carboxylic acids is 2. The Morgan fingerprint density at radius 1 is 0.851 bits per heavy atom. The number of nitrogens with one attached hydrogen (secondary N) is 1. The molecule has 0 spiro atoms. The number of ether oxygens (including phenoxy) is 1. The van der Waals surface area contributed by atoms with Crippen molar-refractivity contribution in [3.05, 3.63) is 124 Å². The Morgan fingerprint density at radius 3 is 2.11 bits per heavy atom. The predicted octanol–water partition coefficient (Wildman–Crippen LogP) is 6.92. The van der Waals surface area contributed by atoms with E-state index < -0.39 is 28.5 Å². The molecule has 0 saturated heterocycles. The molecule has 0 saturated carbocycles. The van der Waals surface area contributed by atoms with Crippen molar-refractivity contribution < 1.29 is 22.7 Å². The standard InChI is InChI=1S/C36H39Cl2N3O5S/c1-25(2)22-39-36(43)34(21-27-8-6-5-7-9-27)40(23-28-12-19-32(37)33(38)20-28)35(42)24-41(29-13-10-26(3)11-14-29)47(44,45)31-17-15-30(46-4)16-18-31/h5-20,25,34H,21-24H2,1-4H3,(H,39,43)/t34-/m0/s1. The van der Waals surface area contributed by atoms with Crippen LogP contribution in [0, 0.1) is 12.8 Å². The Balaban J connectivity index is 1.81. The summed E-state index contributed by atoms with van der Waals surface area (Å²) >= 11 is 12.5. The topological polar surface area (TPSA) is 96.0 Å². The molecule has 47 heavy (non-hydrogen) atoms. The molecule has 11 heteroatoms. The Kier molecular flexibility index (Phi) is 12.3. The quantitative estimate of drug-likeness (QED) is 0.155. The third-order valence-electron chi connectivity index (χ3n) is 7.54. The van der Waals surface area contributed by atoms with E-state index in [0.29, 0.717) is 33.6 Å². The van der Waals surface area contributed by atoms with E-state index in [9.17, 15) is 18.0 Å². The van der Waals surface area contributed by atoms with Crippen molar-refractivity contribution in [2.75, 3.05) is 24.5 Å². The number of benzene rings is 4. The second-order valence-corrected chi connectivity index (χ2v) is 14.3. The highest BCUT2D eigenvalue weighted by molar-refractivity contribution is 7.92. The molecular weight excluding hydrogens is 657 g/mol. The molecule has 0 bridgehead atoms. The average Bonchev–Trinajstić information content (AvgIpc) is 3.06. The van der Waals surface area contributed by atoms with E-state index in [2.05, 4.69) is 5.32 Å². The van der Waals surface area contributed by atoms with Crippen molar-refractivity contribution in [2.24, 2.45) is 5.92 Å². The molecule has 4 aromatic rings. The van der Waals surface area contributed by atoms with Crippen molar-refractivity contribution in [1.29, 1.82) is 0 Å². The number of amides is 2. The lowest BCUT2D eigenvalue weighted by molar-refractivity contribution is -0.140. The Morgan fingerprint density at radius 2 is 1.51 bits per heavy atom. The van der Waals surface area contributed by atoms with Gasteiger partial charge in [-0.05, 0) is 72.5 Å². The van der Waals surface area contributed by atoms with Gasteiger partial charge in [-0.25, -0.2) is 8.42 Å². The molecule has 0 aliphatic carbocycles. The fourth-order valence-corrected chi connectivity index (χ4v) is 6.66. The second kappa shape index (κ2) is 16.2. The van der Waals surface area contributed by atoms with Crippen molar-refractivity contribution in [1.82, 2.24) is 10.2 Å². The minimum absolute atomic E-state index is 0.0155. The van der Waals surface area contributed by atoms with E-state index in [4.69, 9.17) is 27.9 Å². The third-order valence-corrected chi connectivity index (χ3v) is 10.1. The summed E-state index contributed by atoms with van der Waals surface area (Å²) in [5, 5.41) is 3.62. The molecule has 4 rings (SSSR count). The Hall–Kier alpha value is -4.05. The van der Waals surface area contributed by atoms with Crippen LogP contribution in [0.3, 0.4) is 0 Å².